The Morgan fingerprint density at radius 2 is 2.00 bits per heavy atom. The molecule has 1 atom stereocenters. The maximum atomic E-state index is 6.05. The van der Waals surface area contributed by atoms with Crippen molar-refractivity contribution in [3.05, 3.63) is 68.7 Å². The Balaban J connectivity index is 2.18. The summed E-state index contributed by atoms with van der Waals surface area (Å²) in [7, 11) is 2.09. The molecular formula is C17H20BrClN2. The molecule has 0 aliphatic carbocycles. The Morgan fingerprint density at radius 1 is 1.24 bits per heavy atom. The van der Waals surface area contributed by atoms with Gasteiger partial charge in [-0.1, -0.05) is 51.8 Å². The average Bonchev–Trinajstić information content (AvgIpc) is 2.43. The van der Waals surface area contributed by atoms with Crippen molar-refractivity contribution >= 4 is 27.5 Å². The molecule has 2 aromatic rings. The third kappa shape index (κ3) is 4.30. The molecule has 2 nitrogen and oxygen atoms in total. The van der Waals surface area contributed by atoms with Crippen LogP contribution in [0, 0.1) is 6.92 Å². The van der Waals surface area contributed by atoms with Crippen molar-refractivity contribution in [3.8, 4) is 0 Å². The maximum absolute atomic E-state index is 6.05. The van der Waals surface area contributed by atoms with Gasteiger partial charge >= 0.3 is 0 Å². The van der Waals surface area contributed by atoms with E-state index in [0.29, 0.717) is 6.54 Å². The number of hydrogen-bond acceptors (Lipinski definition) is 2. The molecule has 0 saturated carbocycles. The molecular weight excluding hydrogens is 348 g/mol. The summed E-state index contributed by atoms with van der Waals surface area (Å²) in [5.41, 5.74) is 9.63. The summed E-state index contributed by atoms with van der Waals surface area (Å²) >= 11 is 9.64. The van der Waals surface area contributed by atoms with E-state index in [4.69, 9.17) is 17.3 Å². The van der Waals surface area contributed by atoms with E-state index >= 15 is 0 Å². The fraction of sp³-hybridized carbons (Fsp3) is 0.294. The van der Waals surface area contributed by atoms with Crippen LogP contribution >= 0.6 is 27.5 Å². The minimum atomic E-state index is 0.181. The van der Waals surface area contributed by atoms with Crippen LogP contribution in [0.25, 0.3) is 0 Å². The molecule has 1 unspecified atom stereocenters. The molecule has 0 saturated heterocycles. The smallest absolute Gasteiger partial charge is 0.0471 e. The number of nitrogens with two attached hydrogens (primary N) is 1. The van der Waals surface area contributed by atoms with E-state index in [2.05, 4.69) is 59.1 Å². The quantitative estimate of drug-likeness (QED) is 0.840. The van der Waals surface area contributed by atoms with Crippen LogP contribution in [0.2, 0.25) is 5.02 Å². The number of aryl methyl sites for hydroxylation is 1. The molecule has 0 radical (unpaired) electrons. The lowest BCUT2D eigenvalue weighted by molar-refractivity contribution is 0.242. The van der Waals surface area contributed by atoms with Gasteiger partial charge in [0.1, 0.15) is 0 Å². The summed E-state index contributed by atoms with van der Waals surface area (Å²) in [5, 5.41) is 0.767. The molecule has 21 heavy (non-hydrogen) atoms. The van der Waals surface area contributed by atoms with Gasteiger partial charge in [-0.05, 0) is 48.9 Å². The molecule has 4 heteroatoms. The molecule has 0 aromatic heterocycles. The van der Waals surface area contributed by atoms with Gasteiger partial charge in [-0.25, -0.2) is 0 Å². The van der Waals surface area contributed by atoms with Crippen LogP contribution < -0.4 is 5.73 Å². The van der Waals surface area contributed by atoms with Crippen molar-refractivity contribution in [3.63, 3.8) is 0 Å². The largest absolute Gasteiger partial charge is 0.329 e. The first-order chi connectivity index (χ1) is 10.0. The molecule has 2 aromatic carbocycles. The van der Waals surface area contributed by atoms with Gasteiger partial charge in [0, 0.05) is 28.6 Å². The minimum absolute atomic E-state index is 0.181. The van der Waals surface area contributed by atoms with Gasteiger partial charge in [0.25, 0.3) is 0 Å². The fourth-order valence-electron chi connectivity index (χ4n) is 2.42. The number of rotatable bonds is 5. The van der Waals surface area contributed by atoms with Crippen LogP contribution in [0.5, 0.6) is 0 Å². The fourth-order valence-corrected chi connectivity index (χ4v) is 3.03. The van der Waals surface area contributed by atoms with Crippen LogP contribution in [0.1, 0.15) is 22.7 Å². The van der Waals surface area contributed by atoms with Gasteiger partial charge < -0.3 is 5.73 Å². The van der Waals surface area contributed by atoms with Gasteiger partial charge in [0.2, 0.25) is 0 Å². The molecule has 0 spiro atoms. The SMILES string of the molecule is Cc1ccc(C(CN)N(C)Cc2cccc(Cl)c2)cc1Br. The van der Waals surface area contributed by atoms with E-state index in [1.807, 2.05) is 18.2 Å². The van der Waals surface area contributed by atoms with E-state index in [1.54, 1.807) is 0 Å². The number of likely N-dealkylation sites (N-methyl/N-ethyl adjacent to an activating group) is 1. The lowest BCUT2D eigenvalue weighted by Gasteiger charge is -2.28. The topological polar surface area (TPSA) is 29.3 Å². The standard InChI is InChI=1S/C17H20BrClN2/c1-12-6-7-14(9-16(12)18)17(10-20)21(2)11-13-4-3-5-15(19)8-13/h3-9,17H,10-11,20H2,1-2H3. The van der Waals surface area contributed by atoms with Crippen molar-refractivity contribution in [2.45, 2.75) is 19.5 Å². The van der Waals surface area contributed by atoms with Crippen molar-refractivity contribution < 1.29 is 0 Å². The Kier molecular flexibility index (Phi) is 5.82. The van der Waals surface area contributed by atoms with Gasteiger partial charge in [-0.2, -0.15) is 0 Å². The number of nitrogens with zero attached hydrogens (tertiary/aromatic N) is 1. The predicted octanol–water partition coefficient (Wildman–Crippen LogP) is 4.54. The zero-order chi connectivity index (χ0) is 15.4. The van der Waals surface area contributed by atoms with Crippen LogP contribution in [0.15, 0.2) is 46.9 Å². The van der Waals surface area contributed by atoms with E-state index in [-0.39, 0.29) is 6.04 Å². The minimum Gasteiger partial charge on any atom is -0.329 e. The highest BCUT2D eigenvalue weighted by molar-refractivity contribution is 9.10. The first-order valence-corrected chi connectivity index (χ1v) is 8.09. The second-order valence-electron chi connectivity index (χ2n) is 5.31. The first kappa shape index (κ1) is 16.5. The predicted molar refractivity (Wildman–Crippen MR) is 93.6 cm³/mol. The Morgan fingerprint density at radius 3 is 2.62 bits per heavy atom. The molecule has 0 aliphatic heterocycles. The molecule has 2 N–H and O–H groups in total. The van der Waals surface area contributed by atoms with Gasteiger partial charge in [0.15, 0.2) is 0 Å². The summed E-state index contributed by atoms with van der Waals surface area (Å²) in [6.07, 6.45) is 0. The van der Waals surface area contributed by atoms with Crippen molar-refractivity contribution in [1.29, 1.82) is 0 Å². The zero-order valence-electron chi connectivity index (χ0n) is 12.3. The van der Waals surface area contributed by atoms with Gasteiger partial charge in [-0.15, -0.1) is 0 Å². The molecule has 0 aliphatic rings. The summed E-state index contributed by atoms with van der Waals surface area (Å²) in [4.78, 5) is 2.25. The highest BCUT2D eigenvalue weighted by atomic mass is 79.9. The average molecular weight is 368 g/mol. The lowest BCUT2D eigenvalue weighted by atomic mass is 10.0. The van der Waals surface area contributed by atoms with Crippen molar-refractivity contribution in [2.75, 3.05) is 13.6 Å². The lowest BCUT2D eigenvalue weighted by Crippen LogP contribution is -2.30. The molecule has 0 fully saturated rings. The highest BCUT2D eigenvalue weighted by Gasteiger charge is 2.16. The zero-order valence-corrected chi connectivity index (χ0v) is 14.7. The molecule has 0 amide bonds. The van der Waals surface area contributed by atoms with Gasteiger partial charge in [0.05, 0.1) is 0 Å². The number of halogens is 2. The third-order valence-electron chi connectivity index (χ3n) is 3.66. The maximum Gasteiger partial charge on any atom is 0.0471 e. The summed E-state index contributed by atoms with van der Waals surface area (Å²) < 4.78 is 1.12. The van der Waals surface area contributed by atoms with Crippen LogP contribution in [-0.2, 0) is 6.54 Å². The second kappa shape index (κ2) is 7.41. The number of hydrogen-bond donors (Lipinski definition) is 1. The van der Waals surface area contributed by atoms with E-state index in [0.717, 1.165) is 16.0 Å². The monoisotopic (exact) mass is 366 g/mol. The van der Waals surface area contributed by atoms with Crippen LogP contribution in [-0.4, -0.2) is 18.5 Å². The second-order valence-corrected chi connectivity index (χ2v) is 6.60. The summed E-state index contributed by atoms with van der Waals surface area (Å²) in [6, 6.07) is 14.6. The van der Waals surface area contributed by atoms with Crippen LogP contribution in [0.3, 0.4) is 0 Å². The normalized spacial score (nSPS) is 12.7. The van der Waals surface area contributed by atoms with E-state index in [9.17, 15) is 0 Å². The number of benzene rings is 2. The third-order valence-corrected chi connectivity index (χ3v) is 4.75. The van der Waals surface area contributed by atoms with E-state index < -0.39 is 0 Å². The highest BCUT2D eigenvalue weighted by Crippen LogP contribution is 2.26. The molecule has 112 valence electrons. The van der Waals surface area contributed by atoms with Crippen molar-refractivity contribution in [1.82, 2.24) is 4.90 Å². The Labute approximate surface area is 140 Å². The van der Waals surface area contributed by atoms with Crippen LogP contribution in [0.4, 0.5) is 0 Å². The molecule has 0 heterocycles. The Bertz CT molecular complexity index is 615. The summed E-state index contributed by atoms with van der Waals surface area (Å²) in [5.74, 6) is 0. The van der Waals surface area contributed by atoms with Crippen molar-refractivity contribution in [2.24, 2.45) is 5.73 Å². The van der Waals surface area contributed by atoms with E-state index in [1.165, 1.54) is 16.7 Å². The Hall–Kier alpha value is -0.870. The van der Waals surface area contributed by atoms with Gasteiger partial charge in [-0.3, -0.25) is 4.90 Å². The summed E-state index contributed by atoms with van der Waals surface area (Å²) in [6.45, 7) is 3.47. The molecule has 2 rings (SSSR count). The molecule has 0 bridgehead atoms. The first-order valence-electron chi connectivity index (χ1n) is 6.92.